The molecule has 0 bridgehead atoms. The Morgan fingerprint density at radius 3 is 2.74 bits per heavy atom. The van der Waals surface area contributed by atoms with E-state index in [-0.39, 0.29) is 0 Å². The second-order valence-electron chi connectivity index (χ2n) is 5.24. The van der Waals surface area contributed by atoms with Crippen LogP contribution in [0.2, 0.25) is 5.02 Å². The van der Waals surface area contributed by atoms with Gasteiger partial charge in [0.25, 0.3) is 0 Å². The lowest BCUT2D eigenvalue weighted by molar-refractivity contribution is 0.518. The largest absolute Gasteiger partial charge is 0.467 e. The van der Waals surface area contributed by atoms with Crippen LogP contribution in [0.3, 0.4) is 0 Å². The predicted molar refractivity (Wildman–Crippen MR) is 92.3 cm³/mol. The smallest absolute Gasteiger partial charge is 0.229 e. The fourth-order valence-electron chi connectivity index (χ4n) is 2.11. The van der Waals surface area contributed by atoms with E-state index >= 15 is 0 Å². The first-order valence-electron chi connectivity index (χ1n) is 7.25. The van der Waals surface area contributed by atoms with E-state index < -0.39 is 0 Å². The van der Waals surface area contributed by atoms with E-state index in [1.807, 2.05) is 50.2 Å². The number of nitrogens with one attached hydrogen (secondary N) is 2. The van der Waals surface area contributed by atoms with Crippen LogP contribution in [0.1, 0.15) is 17.0 Å². The van der Waals surface area contributed by atoms with Crippen LogP contribution >= 0.6 is 11.6 Å². The molecule has 0 spiro atoms. The fourth-order valence-corrected chi connectivity index (χ4v) is 2.29. The van der Waals surface area contributed by atoms with Crippen molar-refractivity contribution in [2.45, 2.75) is 20.4 Å². The van der Waals surface area contributed by atoms with Crippen molar-refractivity contribution in [3.05, 3.63) is 64.7 Å². The predicted octanol–water partition coefficient (Wildman–Crippen LogP) is 4.70. The van der Waals surface area contributed by atoms with Gasteiger partial charge in [-0.2, -0.15) is 4.98 Å². The van der Waals surface area contributed by atoms with E-state index in [1.54, 1.807) is 6.26 Å². The average Bonchev–Trinajstić information content (AvgIpc) is 3.02. The van der Waals surface area contributed by atoms with Crippen molar-refractivity contribution in [1.29, 1.82) is 0 Å². The summed E-state index contributed by atoms with van der Waals surface area (Å²) < 4.78 is 5.30. The first kappa shape index (κ1) is 15.4. The zero-order chi connectivity index (χ0) is 16.2. The van der Waals surface area contributed by atoms with Crippen LogP contribution in [0.4, 0.5) is 17.5 Å². The molecule has 0 saturated heterocycles. The van der Waals surface area contributed by atoms with Gasteiger partial charge in [0.1, 0.15) is 11.6 Å². The molecule has 118 valence electrons. The van der Waals surface area contributed by atoms with Gasteiger partial charge in [-0.25, -0.2) is 4.98 Å². The molecule has 1 aromatic carbocycles. The van der Waals surface area contributed by atoms with E-state index in [9.17, 15) is 0 Å². The standard InChI is InChI=1S/C17H17ClN4O/c1-11-5-6-13(9-15(11)18)21-17-20-12(2)8-16(22-17)19-10-14-4-3-7-23-14/h3-9H,10H2,1-2H3,(H2,19,20,21,22). The maximum absolute atomic E-state index is 6.15. The van der Waals surface area contributed by atoms with Crippen LogP contribution in [0.15, 0.2) is 47.1 Å². The molecule has 3 rings (SSSR count). The Morgan fingerprint density at radius 2 is 2.00 bits per heavy atom. The van der Waals surface area contributed by atoms with Crippen molar-refractivity contribution in [2.24, 2.45) is 0 Å². The highest BCUT2D eigenvalue weighted by Gasteiger charge is 2.05. The number of rotatable bonds is 5. The Kier molecular flexibility index (Phi) is 4.48. The van der Waals surface area contributed by atoms with Gasteiger partial charge in [0, 0.05) is 22.5 Å². The molecular formula is C17H17ClN4O. The summed E-state index contributed by atoms with van der Waals surface area (Å²) in [6.07, 6.45) is 1.65. The molecule has 0 aliphatic carbocycles. The average molecular weight is 329 g/mol. The van der Waals surface area contributed by atoms with Crippen molar-refractivity contribution in [1.82, 2.24) is 9.97 Å². The van der Waals surface area contributed by atoms with Gasteiger partial charge in [0.05, 0.1) is 12.8 Å². The molecule has 0 aliphatic rings. The fraction of sp³-hybridized carbons (Fsp3) is 0.176. The van der Waals surface area contributed by atoms with E-state index in [0.717, 1.165) is 28.5 Å². The molecule has 0 atom stereocenters. The number of hydrogen-bond donors (Lipinski definition) is 2. The molecule has 0 unspecified atom stereocenters. The second kappa shape index (κ2) is 6.71. The Balaban J connectivity index is 1.75. The Morgan fingerprint density at radius 1 is 1.13 bits per heavy atom. The topological polar surface area (TPSA) is 63.0 Å². The van der Waals surface area contributed by atoms with Crippen molar-refractivity contribution < 1.29 is 4.42 Å². The number of anilines is 3. The normalized spacial score (nSPS) is 10.6. The number of nitrogens with zero attached hydrogens (tertiary/aromatic N) is 2. The summed E-state index contributed by atoms with van der Waals surface area (Å²) in [6.45, 7) is 4.46. The number of halogens is 1. The summed E-state index contributed by atoms with van der Waals surface area (Å²) in [5.74, 6) is 2.10. The molecule has 6 heteroatoms. The zero-order valence-electron chi connectivity index (χ0n) is 12.9. The van der Waals surface area contributed by atoms with E-state index in [0.29, 0.717) is 17.5 Å². The Labute approximate surface area is 139 Å². The van der Waals surface area contributed by atoms with Crippen LogP contribution in [0, 0.1) is 13.8 Å². The molecule has 5 nitrogen and oxygen atoms in total. The molecule has 0 radical (unpaired) electrons. The molecule has 2 heterocycles. The van der Waals surface area contributed by atoms with Gasteiger partial charge in [-0.05, 0) is 43.7 Å². The molecule has 2 N–H and O–H groups in total. The van der Waals surface area contributed by atoms with Crippen LogP contribution in [0.5, 0.6) is 0 Å². The number of benzene rings is 1. The third-order valence-electron chi connectivity index (χ3n) is 3.31. The second-order valence-corrected chi connectivity index (χ2v) is 5.65. The van der Waals surface area contributed by atoms with Crippen LogP contribution in [-0.4, -0.2) is 9.97 Å². The maximum Gasteiger partial charge on any atom is 0.229 e. The lowest BCUT2D eigenvalue weighted by atomic mass is 10.2. The zero-order valence-corrected chi connectivity index (χ0v) is 13.7. The van der Waals surface area contributed by atoms with Gasteiger partial charge in [-0.3, -0.25) is 0 Å². The highest BCUT2D eigenvalue weighted by Crippen LogP contribution is 2.22. The summed E-state index contributed by atoms with van der Waals surface area (Å²) in [5.41, 5.74) is 2.74. The molecule has 0 fully saturated rings. The molecule has 0 aliphatic heterocycles. The minimum absolute atomic E-state index is 0.520. The van der Waals surface area contributed by atoms with Crippen molar-refractivity contribution in [2.75, 3.05) is 10.6 Å². The third kappa shape index (κ3) is 4.02. The molecule has 0 saturated carbocycles. The van der Waals surface area contributed by atoms with E-state index in [1.165, 1.54) is 0 Å². The molecule has 3 aromatic rings. The van der Waals surface area contributed by atoms with Crippen molar-refractivity contribution >= 4 is 29.1 Å². The van der Waals surface area contributed by atoms with Gasteiger partial charge < -0.3 is 15.1 Å². The summed E-state index contributed by atoms with van der Waals surface area (Å²) in [7, 11) is 0. The van der Waals surface area contributed by atoms with Crippen LogP contribution in [0.25, 0.3) is 0 Å². The van der Waals surface area contributed by atoms with Crippen molar-refractivity contribution in [3.63, 3.8) is 0 Å². The highest BCUT2D eigenvalue weighted by atomic mass is 35.5. The summed E-state index contributed by atoms with van der Waals surface area (Å²) in [6, 6.07) is 11.4. The minimum Gasteiger partial charge on any atom is -0.467 e. The molecule has 23 heavy (non-hydrogen) atoms. The summed E-state index contributed by atoms with van der Waals surface area (Å²) in [4.78, 5) is 8.86. The van der Waals surface area contributed by atoms with Gasteiger partial charge in [-0.1, -0.05) is 17.7 Å². The Bertz CT molecular complexity index is 802. The SMILES string of the molecule is Cc1cc(NCc2ccco2)nc(Nc2ccc(C)c(Cl)c2)n1. The highest BCUT2D eigenvalue weighted by molar-refractivity contribution is 6.31. The molecular weight excluding hydrogens is 312 g/mol. The van der Waals surface area contributed by atoms with E-state index in [2.05, 4.69) is 20.6 Å². The minimum atomic E-state index is 0.520. The van der Waals surface area contributed by atoms with Crippen LogP contribution < -0.4 is 10.6 Å². The summed E-state index contributed by atoms with van der Waals surface area (Å²) in [5, 5.41) is 7.11. The first-order chi connectivity index (χ1) is 11.1. The quantitative estimate of drug-likeness (QED) is 0.711. The lowest BCUT2D eigenvalue weighted by Crippen LogP contribution is -2.05. The number of furan rings is 1. The monoisotopic (exact) mass is 328 g/mol. The maximum atomic E-state index is 6.15. The van der Waals surface area contributed by atoms with Gasteiger partial charge in [0.2, 0.25) is 5.95 Å². The van der Waals surface area contributed by atoms with Crippen molar-refractivity contribution in [3.8, 4) is 0 Å². The number of aromatic nitrogens is 2. The first-order valence-corrected chi connectivity index (χ1v) is 7.63. The molecule has 0 amide bonds. The lowest BCUT2D eigenvalue weighted by Gasteiger charge is -2.10. The van der Waals surface area contributed by atoms with E-state index in [4.69, 9.17) is 16.0 Å². The summed E-state index contributed by atoms with van der Waals surface area (Å²) >= 11 is 6.15. The Hall–Kier alpha value is -2.53. The number of hydrogen-bond acceptors (Lipinski definition) is 5. The third-order valence-corrected chi connectivity index (χ3v) is 3.71. The van der Waals surface area contributed by atoms with Gasteiger partial charge >= 0.3 is 0 Å². The van der Waals surface area contributed by atoms with Gasteiger partial charge in [-0.15, -0.1) is 0 Å². The van der Waals surface area contributed by atoms with Crippen LogP contribution in [-0.2, 0) is 6.54 Å². The van der Waals surface area contributed by atoms with Gasteiger partial charge in [0.15, 0.2) is 0 Å². The molecule has 2 aromatic heterocycles. The number of aryl methyl sites for hydroxylation is 2.